The van der Waals surface area contributed by atoms with Gasteiger partial charge in [0.25, 0.3) is 0 Å². The molecule has 0 spiro atoms. The fourth-order valence-electron chi connectivity index (χ4n) is 2.87. The van der Waals surface area contributed by atoms with E-state index in [0.29, 0.717) is 10.6 Å². The van der Waals surface area contributed by atoms with Crippen molar-refractivity contribution in [2.75, 3.05) is 0 Å². The fraction of sp³-hybridized carbons (Fsp3) is 0.250. The second-order valence-electron chi connectivity index (χ2n) is 5.54. The molecule has 0 bridgehead atoms. The average Bonchev–Trinajstić information content (AvgIpc) is 3.28. The maximum Gasteiger partial charge on any atom is 0.369 e. The predicted octanol–water partition coefficient (Wildman–Crippen LogP) is 1.86. The minimum Gasteiger partial charge on any atom is -0.292 e. The lowest BCUT2D eigenvalue weighted by Gasteiger charge is -2.03. The van der Waals surface area contributed by atoms with E-state index in [1.807, 2.05) is 29.6 Å². The van der Waals surface area contributed by atoms with Crippen molar-refractivity contribution in [2.45, 2.75) is 25.8 Å². The van der Waals surface area contributed by atoms with E-state index >= 15 is 0 Å². The summed E-state index contributed by atoms with van der Waals surface area (Å²) in [6.07, 6.45) is 3.24. The molecular formula is C16H14N4O2S. The van der Waals surface area contributed by atoms with Gasteiger partial charge in [0.15, 0.2) is 5.78 Å². The molecule has 3 aromatic rings. The van der Waals surface area contributed by atoms with E-state index in [1.54, 1.807) is 6.07 Å². The smallest absolute Gasteiger partial charge is 0.292 e. The van der Waals surface area contributed by atoms with Crippen molar-refractivity contribution in [1.29, 1.82) is 0 Å². The largest absolute Gasteiger partial charge is 0.369 e. The summed E-state index contributed by atoms with van der Waals surface area (Å²) >= 11 is 1.39. The zero-order valence-corrected chi connectivity index (χ0v) is 13.1. The number of hydrogen-bond acceptors (Lipinski definition) is 5. The first kappa shape index (κ1) is 14.1. The molecule has 4 rings (SSSR count). The van der Waals surface area contributed by atoms with Crippen LogP contribution in [0.1, 0.15) is 27.9 Å². The molecule has 0 saturated heterocycles. The van der Waals surface area contributed by atoms with Gasteiger partial charge in [0, 0.05) is 5.56 Å². The summed E-state index contributed by atoms with van der Waals surface area (Å²) in [6.45, 7) is -0.0943. The molecule has 0 amide bonds. The summed E-state index contributed by atoms with van der Waals surface area (Å²) < 4.78 is 2.32. The summed E-state index contributed by atoms with van der Waals surface area (Å²) in [5.74, 6) is -0.125. The van der Waals surface area contributed by atoms with Gasteiger partial charge in [-0.05, 0) is 64.4 Å². The third-order valence-corrected chi connectivity index (χ3v) is 4.91. The molecular weight excluding hydrogens is 312 g/mol. The van der Waals surface area contributed by atoms with Crippen molar-refractivity contribution in [2.24, 2.45) is 0 Å². The number of ketones is 1. The summed E-state index contributed by atoms with van der Waals surface area (Å²) in [7, 11) is 0. The van der Waals surface area contributed by atoms with Crippen molar-refractivity contribution < 1.29 is 4.79 Å². The fourth-order valence-corrected chi connectivity index (χ4v) is 3.54. The highest BCUT2D eigenvalue weighted by Crippen LogP contribution is 2.23. The molecule has 1 aliphatic rings. The van der Waals surface area contributed by atoms with Crippen LogP contribution in [0.4, 0.5) is 0 Å². The van der Waals surface area contributed by atoms with Crippen LogP contribution in [-0.2, 0) is 19.4 Å². The first-order chi connectivity index (χ1) is 11.2. The number of aromatic nitrogens is 4. The van der Waals surface area contributed by atoms with E-state index in [2.05, 4.69) is 10.4 Å². The zero-order valence-electron chi connectivity index (χ0n) is 12.3. The molecule has 6 nitrogen and oxygen atoms in total. The van der Waals surface area contributed by atoms with Gasteiger partial charge in [-0.2, -0.15) is 9.36 Å². The SMILES string of the molecule is O=C(Cn1nnn(-c2cccs2)c1=O)c1ccc2c(c1)CCC2. The van der Waals surface area contributed by atoms with E-state index in [9.17, 15) is 9.59 Å². The van der Waals surface area contributed by atoms with E-state index in [0.717, 1.165) is 23.9 Å². The van der Waals surface area contributed by atoms with Crippen LogP contribution in [0.5, 0.6) is 0 Å². The summed E-state index contributed by atoms with van der Waals surface area (Å²) in [5, 5.41) is 10.2. The van der Waals surface area contributed by atoms with Gasteiger partial charge >= 0.3 is 5.69 Å². The topological polar surface area (TPSA) is 69.8 Å². The Morgan fingerprint density at radius 1 is 1.17 bits per heavy atom. The van der Waals surface area contributed by atoms with Crippen LogP contribution >= 0.6 is 11.3 Å². The molecule has 2 aromatic heterocycles. The Labute approximate surface area is 136 Å². The maximum atomic E-state index is 12.4. The molecule has 0 atom stereocenters. The van der Waals surface area contributed by atoms with Crippen LogP contribution in [0.15, 0.2) is 40.5 Å². The van der Waals surface area contributed by atoms with Crippen molar-refractivity contribution >= 4 is 17.1 Å². The number of tetrazole rings is 1. The van der Waals surface area contributed by atoms with Gasteiger partial charge in [-0.15, -0.1) is 11.3 Å². The number of benzene rings is 1. The molecule has 116 valence electrons. The van der Waals surface area contributed by atoms with Gasteiger partial charge in [0.1, 0.15) is 11.5 Å². The zero-order chi connectivity index (χ0) is 15.8. The molecule has 1 aliphatic carbocycles. The van der Waals surface area contributed by atoms with Crippen LogP contribution in [0, 0.1) is 0 Å². The molecule has 0 saturated carbocycles. The van der Waals surface area contributed by atoms with Crippen LogP contribution < -0.4 is 5.69 Å². The second-order valence-corrected chi connectivity index (χ2v) is 6.47. The number of fused-ring (bicyclic) bond motifs is 1. The van der Waals surface area contributed by atoms with Gasteiger partial charge in [-0.3, -0.25) is 4.79 Å². The highest BCUT2D eigenvalue weighted by molar-refractivity contribution is 7.12. The minimum absolute atomic E-state index is 0.0943. The molecule has 7 heteroatoms. The number of carbonyl (C=O) groups excluding carboxylic acids is 1. The Kier molecular flexibility index (Phi) is 3.42. The number of hydrogen-bond donors (Lipinski definition) is 0. The Morgan fingerprint density at radius 3 is 2.87 bits per heavy atom. The lowest BCUT2D eigenvalue weighted by molar-refractivity contribution is 0.0965. The average molecular weight is 326 g/mol. The predicted molar refractivity (Wildman–Crippen MR) is 86.3 cm³/mol. The van der Waals surface area contributed by atoms with Crippen LogP contribution in [-0.4, -0.2) is 25.6 Å². The Bertz CT molecular complexity index is 924. The van der Waals surface area contributed by atoms with Gasteiger partial charge in [-0.25, -0.2) is 4.79 Å². The van der Waals surface area contributed by atoms with Gasteiger partial charge < -0.3 is 0 Å². The third-order valence-electron chi connectivity index (χ3n) is 4.07. The van der Waals surface area contributed by atoms with Gasteiger partial charge in [0.2, 0.25) is 0 Å². The molecule has 23 heavy (non-hydrogen) atoms. The van der Waals surface area contributed by atoms with Crippen LogP contribution in [0.3, 0.4) is 0 Å². The molecule has 0 aliphatic heterocycles. The molecule has 0 fully saturated rings. The first-order valence-electron chi connectivity index (χ1n) is 7.44. The number of Topliss-reactive ketones (excluding diaryl/α,β-unsaturated/α-hetero) is 1. The maximum absolute atomic E-state index is 12.4. The monoisotopic (exact) mass is 326 g/mol. The molecule has 0 unspecified atom stereocenters. The number of aryl methyl sites for hydroxylation is 2. The Morgan fingerprint density at radius 2 is 2.04 bits per heavy atom. The Balaban J connectivity index is 1.59. The highest BCUT2D eigenvalue weighted by atomic mass is 32.1. The lowest BCUT2D eigenvalue weighted by Crippen LogP contribution is -2.27. The first-order valence-corrected chi connectivity index (χ1v) is 8.32. The van der Waals surface area contributed by atoms with Crippen molar-refractivity contribution in [1.82, 2.24) is 19.8 Å². The number of nitrogens with zero attached hydrogens (tertiary/aromatic N) is 4. The summed E-state index contributed by atoms with van der Waals surface area (Å²) in [5.41, 5.74) is 2.79. The van der Waals surface area contributed by atoms with Crippen molar-refractivity contribution in [3.63, 3.8) is 0 Å². The van der Waals surface area contributed by atoms with E-state index < -0.39 is 5.69 Å². The molecule has 2 heterocycles. The molecule has 0 N–H and O–H groups in total. The number of carbonyl (C=O) groups is 1. The van der Waals surface area contributed by atoms with Crippen LogP contribution in [0.2, 0.25) is 0 Å². The standard InChI is InChI=1S/C16H14N4O2S/c21-14(13-7-6-11-3-1-4-12(11)9-13)10-19-16(22)20(18-17-19)15-5-2-8-23-15/h2,5-9H,1,3-4,10H2. The van der Waals surface area contributed by atoms with Gasteiger partial charge in [0.05, 0.1) is 0 Å². The number of thiophene rings is 1. The van der Waals surface area contributed by atoms with E-state index in [1.165, 1.54) is 27.1 Å². The molecule has 0 radical (unpaired) electrons. The van der Waals surface area contributed by atoms with Crippen LogP contribution in [0.25, 0.3) is 5.00 Å². The van der Waals surface area contributed by atoms with Crippen molar-refractivity contribution in [3.05, 3.63) is 62.9 Å². The highest BCUT2D eigenvalue weighted by Gasteiger charge is 2.17. The minimum atomic E-state index is -0.401. The van der Waals surface area contributed by atoms with E-state index in [4.69, 9.17) is 0 Å². The van der Waals surface area contributed by atoms with Crippen molar-refractivity contribution in [3.8, 4) is 5.00 Å². The molecule has 1 aromatic carbocycles. The van der Waals surface area contributed by atoms with E-state index in [-0.39, 0.29) is 12.3 Å². The number of rotatable bonds is 4. The second kappa shape index (κ2) is 5.58. The third kappa shape index (κ3) is 2.53. The quantitative estimate of drug-likeness (QED) is 0.686. The lowest BCUT2D eigenvalue weighted by atomic mass is 10.0. The Hall–Kier alpha value is -2.54. The summed E-state index contributed by atoms with van der Waals surface area (Å²) in [6, 6.07) is 9.41. The summed E-state index contributed by atoms with van der Waals surface area (Å²) in [4.78, 5) is 24.7. The normalized spacial score (nSPS) is 13.2. The van der Waals surface area contributed by atoms with Gasteiger partial charge in [-0.1, -0.05) is 12.1 Å².